The van der Waals surface area contributed by atoms with Crippen LogP contribution in [0.1, 0.15) is 49.9 Å². The van der Waals surface area contributed by atoms with E-state index in [-0.39, 0.29) is 10.8 Å². The van der Waals surface area contributed by atoms with E-state index < -0.39 is 0 Å². The maximum absolute atomic E-state index is 6.68. The lowest BCUT2D eigenvalue weighted by atomic mass is 9.81. The lowest BCUT2D eigenvalue weighted by Gasteiger charge is -2.24. The van der Waals surface area contributed by atoms with Crippen molar-refractivity contribution < 1.29 is 4.74 Å². The summed E-state index contributed by atoms with van der Waals surface area (Å²) >= 11 is 5.64. The molecule has 0 amide bonds. The van der Waals surface area contributed by atoms with Crippen LogP contribution in [0.5, 0.6) is 11.5 Å². The molecule has 222 valence electrons. The summed E-state index contributed by atoms with van der Waals surface area (Å²) in [4.78, 5) is 7.83. The van der Waals surface area contributed by atoms with Gasteiger partial charge >= 0.3 is 0 Å². The molecule has 0 unspecified atom stereocenters. The highest BCUT2D eigenvalue weighted by Crippen LogP contribution is 2.61. The second-order valence-electron chi connectivity index (χ2n) is 13.7. The van der Waals surface area contributed by atoms with Gasteiger partial charge in [-0.2, -0.15) is 0 Å². The summed E-state index contributed by atoms with van der Waals surface area (Å²) in [5, 5.41) is 0. The Morgan fingerprint density at radius 2 is 1.07 bits per heavy atom. The number of hydrogen-bond donors (Lipinski definition) is 0. The van der Waals surface area contributed by atoms with E-state index in [1.807, 2.05) is 35.3 Å². The van der Waals surface area contributed by atoms with Gasteiger partial charge in [-0.15, -0.1) is 0 Å². The molecule has 0 N–H and O–H groups in total. The molecule has 0 saturated carbocycles. The molecule has 0 fully saturated rings. The maximum Gasteiger partial charge on any atom is 0.149 e. The average molecular weight is 647 g/mol. The molecular weight excluding hydrogens is 617 g/mol. The van der Waals surface area contributed by atoms with Crippen LogP contribution in [0, 0.1) is 0 Å². The fourth-order valence-electron chi connectivity index (χ4n) is 7.99. The van der Waals surface area contributed by atoms with E-state index in [1.54, 1.807) is 0 Å². The van der Waals surface area contributed by atoms with Crippen LogP contribution in [0.25, 0.3) is 33.4 Å². The summed E-state index contributed by atoms with van der Waals surface area (Å²) in [6.45, 7) is 9.47. The van der Waals surface area contributed by atoms with Gasteiger partial charge in [0.25, 0.3) is 0 Å². The van der Waals surface area contributed by atoms with E-state index in [4.69, 9.17) is 4.74 Å². The molecule has 0 saturated heterocycles. The van der Waals surface area contributed by atoms with Crippen molar-refractivity contribution in [3.05, 3.63) is 131 Å². The van der Waals surface area contributed by atoms with Crippen molar-refractivity contribution >= 4 is 35.3 Å². The molecule has 2 aliphatic carbocycles. The Morgan fingerprint density at radius 3 is 1.89 bits per heavy atom. The van der Waals surface area contributed by atoms with Crippen molar-refractivity contribution in [2.24, 2.45) is 0 Å². The van der Waals surface area contributed by atoms with Crippen LogP contribution in [-0.2, 0) is 10.8 Å². The fraction of sp³-hybridized carbons (Fsp3) is 0.143. The molecule has 0 spiro atoms. The molecule has 0 radical (unpaired) electrons. The van der Waals surface area contributed by atoms with E-state index >= 15 is 0 Å². The highest BCUT2D eigenvalue weighted by atomic mass is 32.2. The van der Waals surface area contributed by atoms with Crippen LogP contribution >= 0.6 is 35.3 Å². The van der Waals surface area contributed by atoms with E-state index in [9.17, 15) is 0 Å². The van der Waals surface area contributed by atoms with Crippen molar-refractivity contribution in [3.8, 4) is 44.9 Å². The third kappa shape index (κ3) is 3.64. The third-order valence-corrected chi connectivity index (χ3v) is 14.1. The minimum atomic E-state index is -0.0990. The van der Waals surface area contributed by atoms with Gasteiger partial charge in [0.2, 0.25) is 0 Å². The van der Waals surface area contributed by atoms with Crippen molar-refractivity contribution in [1.29, 1.82) is 0 Å². The number of rotatable bonds is 1. The standard InChI is InChI=1S/C42H30OS3/c1-41(2)27-16-14-23(21-26(27)37-28(41)17-19-35-39(37)43-31-9-5-6-10-32(31)44-35)24-13-15-25-30(22-24)42(3,4)29-18-20-36-40(38(25)29)46-34-12-8-7-11-33(34)45-36/h5-22H,1-4H3. The molecule has 0 bridgehead atoms. The number of hydrogen-bond acceptors (Lipinski definition) is 4. The molecule has 6 aromatic rings. The number of para-hydroxylation sites is 1. The third-order valence-electron chi connectivity index (χ3n) is 10.4. The molecule has 0 aromatic heterocycles. The minimum Gasteiger partial charge on any atom is -0.454 e. The molecule has 0 atom stereocenters. The SMILES string of the molecule is CC1(C)c2ccc(-c3ccc4c(c3)C(C)(C)c3ccc5c(c3-4)Sc3ccccc3S5)cc2-c2c1ccc1c2Oc2ccccc2S1. The largest absolute Gasteiger partial charge is 0.454 e. The normalized spacial score (nSPS) is 16.5. The predicted octanol–water partition coefficient (Wildman–Crippen LogP) is 12.8. The first-order valence-electron chi connectivity index (χ1n) is 15.8. The van der Waals surface area contributed by atoms with Crippen molar-refractivity contribution in [2.45, 2.75) is 67.9 Å². The van der Waals surface area contributed by atoms with Gasteiger partial charge in [-0.25, -0.2) is 0 Å². The Hall–Kier alpha value is -3.83. The number of fused-ring (bicyclic) bond motifs is 12. The van der Waals surface area contributed by atoms with Gasteiger partial charge < -0.3 is 4.74 Å². The van der Waals surface area contributed by atoms with E-state index in [1.165, 1.54) is 85.0 Å². The molecule has 1 nitrogen and oxygen atoms in total. The molecule has 2 aliphatic heterocycles. The Bertz CT molecular complexity index is 2330. The fourth-order valence-corrected chi connectivity index (χ4v) is 11.4. The van der Waals surface area contributed by atoms with Gasteiger partial charge in [0.1, 0.15) is 11.5 Å². The van der Waals surface area contributed by atoms with Crippen molar-refractivity contribution in [2.75, 3.05) is 0 Å². The quantitative estimate of drug-likeness (QED) is 0.175. The lowest BCUT2D eigenvalue weighted by Crippen LogP contribution is -2.15. The summed E-state index contributed by atoms with van der Waals surface area (Å²) in [5.41, 5.74) is 13.2. The monoisotopic (exact) mass is 646 g/mol. The molecular formula is C42H30OS3. The zero-order chi connectivity index (χ0) is 30.9. The van der Waals surface area contributed by atoms with Gasteiger partial charge in [-0.1, -0.05) is 124 Å². The van der Waals surface area contributed by atoms with Crippen LogP contribution in [-0.4, -0.2) is 0 Å². The second kappa shape index (κ2) is 9.38. The van der Waals surface area contributed by atoms with Gasteiger partial charge in [-0.3, -0.25) is 0 Å². The van der Waals surface area contributed by atoms with Crippen LogP contribution in [0.3, 0.4) is 0 Å². The van der Waals surface area contributed by atoms with Crippen LogP contribution in [0.2, 0.25) is 0 Å². The first-order valence-corrected chi connectivity index (χ1v) is 18.3. The number of benzene rings is 6. The van der Waals surface area contributed by atoms with Gasteiger partial charge in [0, 0.05) is 41.5 Å². The van der Waals surface area contributed by atoms with Gasteiger partial charge in [0.05, 0.1) is 9.79 Å². The molecule has 46 heavy (non-hydrogen) atoms. The Balaban J connectivity index is 1.10. The molecule has 4 heteroatoms. The van der Waals surface area contributed by atoms with E-state index in [0.29, 0.717) is 0 Å². The number of ether oxygens (including phenoxy) is 1. The van der Waals surface area contributed by atoms with Crippen LogP contribution < -0.4 is 4.74 Å². The highest BCUT2D eigenvalue weighted by molar-refractivity contribution is 8.05. The Labute approximate surface area is 282 Å². The summed E-state index contributed by atoms with van der Waals surface area (Å²) in [6.07, 6.45) is 0. The van der Waals surface area contributed by atoms with Crippen molar-refractivity contribution in [3.63, 3.8) is 0 Å². The molecule has 2 heterocycles. The van der Waals surface area contributed by atoms with Gasteiger partial charge in [-0.05, 0) is 93.0 Å². The first-order chi connectivity index (χ1) is 22.3. The predicted molar refractivity (Wildman–Crippen MR) is 192 cm³/mol. The molecule has 10 rings (SSSR count). The van der Waals surface area contributed by atoms with Crippen LogP contribution in [0.15, 0.2) is 139 Å². The molecule has 4 aliphatic rings. The first kappa shape index (κ1) is 27.3. The van der Waals surface area contributed by atoms with Crippen molar-refractivity contribution in [1.82, 2.24) is 0 Å². The topological polar surface area (TPSA) is 9.23 Å². The smallest absolute Gasteiger partial charge is 0.149 e. The van der Waals surface area contributed by atoms with Crippen LogP contribution in [0.4, 0.5) is 0 Å². The highest BCUT2D eigenvalue weighted by Gasteiger charge is 2.41. The Morgan fingerprint density at radius 1 is 0.457 bits per heavy atom. The summed E-state index contributed by atoms with van der Waals surface area (Å²) in [7, 11) is 0. The minimum absolute atomic E-state index is 0.0826. The average Bonchev–Trinajstić information content (AvgIpc) is 3.45. The second-order valence-corrected chi connectivity index (χ2v) is 16.9. The van der Waals surface area contributed by atoms with Gasteiger partial charge in [0.15, 0.2) is 0 Å². The summed E-state index contributed by atoms with van der Waals surface area (Å²) in [5.74, 6) is 1.94. The lowest BCUT2D eigenvalue weighted by molar-refractivity contribution is 0.455. The summed E-state index contributed by atoms with van der Waals surface area (Å²) in [6, 6.07) is 40.7. The van der Waals surface area contributed by atoms with E-state index in [0.717, 1.165) is 11.5 Å². The Kier molecular flexibility index (Phi) is 5.56. The summed E-state index contributed by atoms with van der Waals surface area (Å²) < 4.78 is 6.68. The maximum atomic E-state index is 6.68. The van der Waals surface area contributed by atoms with E-state index in [2.05, 4.69) is 137 Å². The zero-order valence-electron chi connectivity index (χ0n) is 26.0. The zero-order valence-corrected chi connectivity index (χ0v) is 28.5. The molecule has 6 aromatic carbocycles.